The molecule has 132 valence electrons. The van der Waals surface area contributed by atoms with Gasteiger partial charge in [0.25, 0.3) is 10.1 Å². The van der Waals surface area contributed by atoms with E-state index in [1.165, 1.54) is 51.9 Å². The van der Waals surface area contributed by atoms with Gasteiger partial charge in [-0.25, -0.2) is 0 Å². The molecule has 0 rings (SSSR count). The zero-order chi connectivity index (χ0) is 16.8. The number of hydrogen-bond donors (Lipinski definition) is 1. The highest BCUT2D eigenvalue weighted by Crippen LogP contribution is 2.11. The van der Waals surface area contributed by atoms with Crippen LogP contribution in [0.25, 0.3) is 0 Å². The van der Waals surface area contributed by atoms with E-state index in [2.05, 4.69) is 6.92 Å². The molecule has 0 aliphatic heterocycles. The van der Waals surface area contributed by atoms with Gasteiger partial charge in [0.1, 0.15) is 0 Å². The summed E-state index contributed by atoms with van der Waals surface area (Å²) in [6, 6.07) is 0. The zero-order valence-electron chi connectivity index (χ0n) is 14.1. The molecule has 0 saturated heterocycles. The van der Waals surface area contributed by atoms with Crippen LogP contribution in [0.15, 0.2) is 0 Å². The van der Waals surface area contributed by atoms with Gasteiger partial charge >= 0.3 is 5.97 Å². The zero-order valence-corrected chi connectivity index (χ0v) is 14.9. The van der Waals surface area contributed by atoms with Crippen molar-refractivity contribution in [3.8, 4) is 0 Å². The molecular weight excluding hydrogens is 304 g/mol. The summed E-state index contributed by atoms with van der Waals surface area (Å²) < 4.78 is 35.3. The van der Waals surface area contributed by atoms with E-state index in [-0.39, 0.29) is 6.42 Å². The highest BCUT2D eigenvalue weighted by Gasteiger charge is 2.21. The lowest BCUT2D eigenvalue weighted by molar-refractivity contribution is -0.143. The smallest absolute Gasteiger partial charge is 0.307 e. The molecule has 0 aromatic rings. The summed E-state index contributed by atoms with van der Waals surface area (Å²) in [5, 5.41) is -1.10. The summed E-state index contributed by atoms with van der Waals surface area (Å²) >= 11 is 0. The second-order valence-corrected chi connectivity index (χ2v) is 7.77. The number of unbranched alkanes of at least 4 members (excludes halogenated alkanes) is 9. The molecule has 0 radical (unpaired) electrons. The average Bonchev–Trinajstić information content (AvgIpc) is 2.43. The topological polar surface area (TPSA) is 80.7 Å². The minimum Gasteiger partial charge on any atom is -0.466 e. The molecule has 1 unspecified atom stereocenters. The molecule has 5 nitrogen and oxygen atoms in total. The molecule has 0 fully saturated rings. The second-order valence-electron chi connectivity index (χ2n) is 5.93. The third kappa shape index (κ3) is 13.1. The van der Waals surface area contributed by atoms with Crippen LogP contribution in [0.3, 0.4) is 0 Å². The summed E-state index contributed by atoms with van der Waals surface area (Å²) in [5.41, 5.74) is 0. The number of carbonyl (C=O) groups is 1. The highest BCUT2D eigenvalue weighted by molar-refractivity contribution is 7.86. The van der Waals surface area contributed by atoms with Gasteiger partial charge in [-0.15, -0.1) is 0 Å². The van der Waals surface area contributed by atoms with Gasteiger partial charge in [-0.2, -0.15) is 8.42 Å². The lowest BCUT2D eigenvalue weighted by Crippen LogP contribution is -2.22. The first-order valence-electron chi connectivity index (χ1n) is 8.49. The van der Waals surface area contributed by atoms with Crippen molar-refractivity contribution in [1.82, 2.24) is 0 Å². The average molecular weight is 336 g/mol. The maximum absolute atomic E-state index is 11.4. The number of hydrogen-bond acceptors (Lipinski definition) is 4. The second kappa shape index (κ2) is 12.9. The maximum atomic E-state index is 11.4. The quantitative estimate of drug-likeness (QED) is 0.293. The summed E-state index contributed by atoms with van der Waals surface area (Å²) in [7, 11) is -4.15. The molecule has 0 aromatic carbocycles. The van der Waals surface area contributed by atoms with Crippen molar-refractivity contribution in [3.05, 3.63) is 0 Å². The van der Waals surface area contributed by atoms with Crippen molar-refractivity contribution in [2.45, 2.75) is 89.7 Å². The predicted octanol–water partition coefficient (Wildman–Crippen LogP) is 4.12. The summed E-state index contributed by atoms with van der Waals surface area (Å²) in [5.74, 6) is -0.568. The molecule has 6 heteroatoms. The summed E-state index contributed by atoms with van der Waals surface area (Å²) in [6.07, 6.45) is 11.8. The van der Waals surface area contributed by atoms with E-state index in [1.54, 1.807) is 0 Å². The van der Waals surface area contributed by atoms with Crippen LogP contribution in [-0.2, 0) is 19.6 Å². The Balaban J connectivity index is 3.37. The van der Waals surface area contributed by atoms with Gasteiger partial charge in [0.05, 0.1) is 18.3 Å². The van der Waals surface area contributed by atoms with Crippen molar-refractivity contribution >= 4 is 16.1 Å². The monoisotopic (exact) mass is 336 g/mol. The maximum Gasteiger partial charge on any atom is 0.307 e. The predicted molar refractivity (Wildman–Crippen MR) is 88.4 cm³/mol. The molecule has 0 amide bonds. The van der Waals surface area contributed by atoms with E-state index in [0.717, 1.165) is 19.3 Å². The summed E-state index contributed by atoms with van der Waals surface area (Å²) in [4.78, 5) is 11.4. The van der Waals surface area contributed by atoms with Crippen LogP contribution in [0.5, 0.6) is 0 Å². The molecule has 0 heterocycles. The van der Waals surface area contributed by atoms with Gasteiger partial charge in [0.2, 0.25) is 0 Å². The minimum absolute atomic E-state index is 0.295. The molecule has 22 heavy (non-hydrogen) atoms. The fraction of sp³-hybridized carbons (Fsp3) is 0.938. The lowest BCUT2D eigenvalue weighted by atomic mass is 10.1. The first kappa shape index (κ1) is 21.4. The Kier molecular flexibility index (Phi) is 12.5. The number of ether oxygens (including phenoxy) is 1. The molecule has 0 aromatic heterocycles. The van der Waals surface area contributed by atoms with Crippen LogP contribution in [0.2, 0.25) is 0 Å². The van der Waals surface area contributed by atoms with Gasteiger partial charge in [-0.05, 0) is 13.3 Å². The number of rotatable bonds is 14. The number of esters is 1. The highest BCUT2D eigenvalue weighted by atomic mass is 32.2. The molecule has 0 aliphatic rings. The third-order valence-electron chi connectivity index (χ3n) is 3.72. The van der Waals surface area contributed by atoms with E-state index in [9.17, 15) is 13.2 Å². The lowest BCUT2D eigenvalue weighted by Gasteiger charge is -2.08. The first-order chi connectivity index (χ1) is 10.4. The molecular formula is C16H32O5S. The molecule has 0 spiro atoms. The first-order valence-corrected chi connectivity index (χ1v) is 10.00. The third-order valence-corrected chi connectivity index (χ3v) is 4.91. The van der Waals surface area contributed by atoms with Crippen LogP contribution in [0, 0.1) is 0 Å². The standard InChI is InChI=1S/C16H32O5S/c1-3-4-5-6-7-8-9-10-11-12-13-21-16(17)14-15(2)22(18,19)20/h15H,3-14H2,1-2H3,(H,18,19,20). The van der Waals surface area contributed by atoms with Gasteiger partial charge in [0, 0.05) is 0 Å². The number of carbonyl (C=O) groups excluding carboxylic acids is 1. The SMILES string of the molecule is CCCCCCCCCCCCOC(=O)CC(C)S(=O)(=O)O. The van der Waals surface area contributed by atoms with Gasteiger partial charge in [0.15, 0.2) is 0 Å². The normalized spacial score (nSPS) is 13.0. The molecule has 0 saturated carbocycles. The van der Waals surface area contributed by atoms with E-state index in [0.29, 0.717) is 6.61 Å². The van der Waals surface area contributed by atoms with E-state index in [4.69, 9.17) is 9.29 Å². The van der Waals surface area contributed by atoms with Crippen LogP contribution in [0.1, 0.15) is 84.5 Å². The van der Waals surface area contributed by atoms with Crippen LogP contribution >= 0.6 is 0 Å². The Bertz CT molecular complexity index is 378. The van der Waals surface area contributed by atoms with Crippen LogP contribution in [-0.4, -0.2) is 30.8 Å². The van der Waals surface area contributed by atoms with Crippen molar-refractivity contribution < 1.29 is 22.5 Å². The van der Waals surface area contributed by atoms with E-state index in [1.807, 2.05) is 0 Å². The Labute approximate surface area is 135 Å². The van der Waals surface area contributed by atoms with Crippen molar-refractivity contribution in [1.29, 1.82) is 0 Å². The molecule has 0 bridgehead atoms. The molecule has 1 N–H and O–H groups in total. The molecule has 0 aliphatic carbocycles. The van der Waals surface area contributed by atoms with Crippen molar-refractivity contribution in [2.24, 2.45) is 0 Å². The van der Waals surface area contributed by atoms with E-state index >= 15 is 0 Å². The minimum atomic E-state index is -4.15. The fourth-order valence-corrected chi connectivity index (χ4v) is 2.52. The van der Waals surface area contributed by atoms with Crippen molar-refractivity contribution in [2.75, 3.05) is 6.61 Å². The van der Waals surface area contributed by atoms with Gasteiger partial charge in [-0.1, -0.05) is 64.7 Å². The Morgan fingerprint density at radius 3 is 1.86 bits per heavy atom. The van der Waals surface area contributed by atoms with Gasteiger partial charge < -0.3 is 4.74 Å². The van der Waals surface area contributed by atoms with E-state index < -0.39 is 21.3 Å². The van der Waals surface area contributed by atoms with Crippen molar-refractivity contribution in [3.63, 3.8) is 0 Å². The largest absolute Gasteiger partial charge is 0.466 e. The van der Waals surface area contributed by atoms with Crippen LogP contribution in [0.4, 0.5) is 0 Å². The Hall–Kier alpha value is -0.620. The fourth-order valence-electron chi connectivity index (χ4n) is 2.17. The Morgan fingerprint density at radius 2 is 1.41 bits per heavy atom. The molecule has 1 atom stereocenters. The van der Waals surface area contributed by atoms with Crippen LogP contribution < -0.4 is 0 Å². The summed E-state index contributed by atoms with van der Waals surface area (Å²) in [6.45, 7) is 3.83. The Morgan fingerprint density at radius 1 is 0.955 bits per heavy atom. The van der Waals surface area contributed by atoms with Gasteiger partial charge in [-0.3, -0.25) is 9.35 Å².